The SMILES string of the molecule is CC(C)CC(=O)N1CCCCCCCCN(C(=O)c2ccc(OCCN3CCCCC3)cc2)Cc2ccccc21. The largest absolute Gasteiger partial charge is 0.492 e. The molecule has 218 valence electrons. The zero-order chi connectivity index (χ0) is 28.2. The molecule has 0 saturated carbocycles. The third kappa shape index (κ3) is 9.09. The molecule has 1 saturated heterocycles. The number of hydrogen-bond acceptors (Lipinski definition) is 4. The monoisotopic (exact) mass is 547 g/mol. The molecular formula is C34H49N3O3. The summed E-state index contributed by atoms with van der Waals surface area (Å²) >= 11 is 0. The maximum absolute atomic E-state index is 13.8. The number of nitrogens with zero attached hydrogens (tertiary/aromatic N) is 3. The minimum atomic E-state index is 0.0320. The highest BCUT2D eigenvalue weighted by Gasteiger charge is 2.23. The Morgan fingerprint density at radius 2 is 1.40 bits per heavy atom. The van der Waals surface area contributed by atoms with Crippen LogP contribution in [-0.4, -0.2) is 60.9 Å². The Balaban J connectivity index is 1.47. The number of para-hydroxylation sites is 1. The van der Waals surface area contributed by atoms with Crippen LogP contribution in [0.1, 0.15) is 94.0 Å². The molecule has 0 radical (unpaired) electrons. The number of ether oxygens (including phenoxy) is 1. The number of hydrogen-bond donors (Lipinski definition) is 0. The van der Waals surface area contributed by atoms with Crippen molar-refractivity contribution in [2.24, 2.45) is 5.92 Å². The molecule has 0 N–H and O–H groups in total. The van der Waals surface area contributed by atoms with Gasteiger partial charge in [0.25, 0.3) is 5.91 Å². The van der Waals surface area contributed by atoms with Gasteiger partial charge in [0.1, 0.15) is 12.4 Å². The summed E-state index contributed by atoms with van der Waals surface area (Å²) < 4.78 is 6.00. The summed E-state index contributed by atoms with van der Waals surface area (Å²) in [6.45, 7) is 10.1. The van der Waals surface area contributed by atoms with Crippen molar-refractivity contribution in [3.63, 3.8) is 0 Å². The van der Waals surface area contributed by atoms with Crippen LogP contribution < -0.4 is 9.64 Å². The molecule has 4 rings (SSSR count). The first-order chi connectivity index (χ1) is 19.5. The Bertz CT molecular complexity index is 1060. The van der Waals surface area contributed by atoms with Gasteiger partial charge in [-0.15, -0.1) is 0 Å². The summed E-state index contributed by atoms with van der Waals surface area (Å²) in [5.74, 6) is 1.32. The van der Waals surface area contributed by atoms with Crippen LogP contribution in [0.25, 0.3) is 0 Å². The number of likely N-dealkylation sites (tertiary alicyclic amines) is 1. The zero-order valence-electron chi connectivity index (χ0n) is 24.8. The Kier molecular flexibility index (Phi) is 11.9. The first kappa shape index (κ1) is 30.1. The summed E-state index contributed by atoms with van der Waals surface area (Å²) in [5, 5.41) is 0. The van der Waals surface area contributed by atoms with Gasteiger partial charge >= 0.3 is 0 Å². The Morgan fingerprint density at radius 3 is 2.12 bits per heavy atom. The van der Waals surface area contributed by atoms with Crippen molar-refractivity contribution < 1.29 is 14.3 Å². The predicted octanol–water partition coefficient (Wildman–Crippen LogP) is 6.93. The van der Waals surface area contributed by atoms with E-state index in [4.69, 9.17) is 4.74 Å². The molecule has 2 amide bonds. The molecule has 40 heavy (non-hydrogen) atoms. The highest BCUT2D eigenvalue weighted by Crippen LogP contribution is 2.26. The fourth-order valence-corrected chi connectivity index (χ4v) is 5.84. The lowest BCUT2D eigenvalue weighted by atomic mass is 10.1. The van der Waals surface area contributed by atoms with Crippen molar-refractivity contribution in [2.45, 2.75) is 84.6 Å². The maximum atomic E-state index is 13.8. The molecule has 0 spiro atoms. The fourth-order valence-electron chi connectivity index (χ4n) is 5.84. The van der Waals surface area contributed by atoms with Crippen molar-refractivity contribution in [3.8, 4) is 5.75 Å². The second-order valence-electron chi connectivity index (χ2n) is 11.9. The van der Waals surface area contributed by atoms with Crippen LogP contribution in [0.5, 0.6) is 5.75 Å². The zero-order valence-corrected chi connectivity index (χ0v) is 24.8. The van der Waals surface area contributed by atoms with Crippen LogP contribution in [0, 0.1) is 5.92 Å². The molecule has 0 atom stereocenters. The third-order valence-electron chi connectivity index (χ3n) is 8.10. The molecular weight excluding hydrogens is 498 g/mol. The van der Waals surface area contributed by atoms with E-state index in [-0.39, 0.29) is 11.8 Å². The van der Waals surface area contributed by atoms with Gasteiger partial charge in [0.15, 0.2) is 0 Å². The van der Waals surface area contributed by atoms with Gasteiger partial charge in [-0.3, -0.25) is 14.5 Å². The number of anilines is 1. The number of fused-ring (bicyclic) bond motifs is 1. The van der Waals surface area contributed by atoms with Gasteiger partial charge in [-0.1, -0.05) is 64.2 Å². The summed E-state index contributed by atoms with van der Waals surface area (Å²) in [6, 6.07) is 15.8. The smallest absolute Gasteiger partial charge is 0.254 e. The summed E-state index contributed by atoms with van der Waals surface area (Å²) in [4.78, 5) is 33.5. The summed E-state index contributed by atoms with van der Waals surface area (Å²) in [6.07, 6.45) is 11.0. The van der Waals surface area contributed by atoms with Gasteiger partial charge < -0.3 is 14.5 Å². The fraction of sp³-hybridized carbons (Fsp3) is 0.588. The molecule has 0 unspecified atom stereocenters. The normalized spacial score (nSPS) is 17.9. The van der Waals surface area contributed by atoms with E-state index in [1.807, 2.05) is 52.3 Å². The van der Waals surface area contributed by atoms with Crippen molar-refractivity contribution in [2.75, 3.05) is 44.2 Å². The lowest BCUT2D eigenvalue weighted by Crippen LogP contribution is -2.35. The summed E-state index contributed by atoms with van der Waals surface area (Å²) in [5.41, 5.74) is 2.66. The second kappa shape index (κ2) is 15.8. The molecule has 0 bridgehead atoms. The lowest BCUT2D eigenvalue weighted by molar-refractivity contribution is -0.119. The average molecular weight is 548 g/mol. The predicted molar refractivity (Wildman–Crippen MR) is 163 cm³/mol. The molecule has 2 aromatic rings. The van der Waals surface area contributed by atoms with E-state index in [1.165, 1.54) is 45.2 Å². The maximum Gasteiger partial charge on any atom is 0.254 e. The van der Waals surface area contributed by atoms with E-state index in [0.717, 1.165) is 55.8 Å². The molecule has 2 heterocycles. The van der Waals surface area contributed by atoms with E-state index in [1.54, 1.807) is 0 Å². The minimum Gasteiger partial charge on any atom is -0.492 e. The Labute approximate surface area is 241 Å². The first-order valence-electron chi connectivity index (χ1n) is 15.6. The van der Waals surface area contributed by atoms with E-state index >= 15 is 0 Å². The van der Waals surface area contributed by atoms with Gasteiger partial charge in [0.05, 0.1) is 0 Å². The number of benzene rings is 2. The van der Waals surface area contributed by atoms with Crippen molar-refractivity contribution in [3.05, 3.63) is 59.7 Å². The van der Waals surface area contributed by atoms with Gasteiger partial charge in [-0.25, -0.2) is 0 Å². The van der Waals surface area contributed by atoms with Crippen LogP contribution in [-0.2, 0) is 11.3 Å². The quantitative estimate of drug-likeness (QED) is 0.377. The van der Waals surface area contributed by atoms with Crippen LogP contribution in [0.4, 0.5) is 5.69 Å². The lowest BCUT2D eigenvalue weighted by Gasteiger charge is -2.29. The molecule has 0 aliphatic carbocycles. The van der Waals surface area contributed by atoms with E-state index in [9.17, 15) is 9.59 Å². The third-order valence-corrected chi connectivity index (χ3v) is 8.10. The number of rotatable bonds is 7. The van der Waals surface area contributed by atoms with Crippen molar-refractivity contribution >= 4 is 17.5 Å². The van der Waals surface area contributed by atoms with E-state index < -0.39 is 0 Å². The molecule has 0 aromatic heterocycles. The summed E-state index contributed by atoms with van der Waals surface area (Å²) in [7, 11) is 0. The molecule has 2 aliphatic heterocycles. The van der Waals surface area contributed by atoms with Crippen LogP contribution in [0.15, 0.2) is 48.5 Å². The van der Waals surface area contributed by atoms with Gasteiger partial charge in [0, 0.05) is 43.9 Å². The number of piperidine rings is 1. The van der Waals surface area contributed by atoms with Crippen LogP contribution in [0.2, 0.25) is 0 Å². The average Bonchev–Trinajstić information content (AvgIpc) is 2.98. The number of amides is 2. The van der Waals surface area contributed by atoms with E-state index in [2.05, 4.69) is 24.8 Å². The van der Waals surface area contributed by atoms with E-state index in [0.29, 0.717) is 37.6 Å². The van der Waals surface area contributed by atoms with Crippen molar-refractivity contribution in [1.82, 2.24) is 9.80 Å². The van der Waals surface area contributed by atoms with Gasteiger partial charge in [-0.05, 0) is 80.6 Å². The standard InChI is InChI=1S/C34H49N3O3/c1-28(2)26-33(38)37-23-13-6-4-3-5-12-22-36(27-30-14-8-9-15-32(30)37)34(39)29-16-18-31(19-17-29)40-25-24-35-20-10-7-11-21-35/h8-9,14-19,28H,3-7,10-13,20-27H2,1-2H3. The number of carbonyl (C=O) groups is 2. The Morgan fingerprint density at radius 1 is 0.775 bits per heavy atom. The van der Waals surface area contributed by atoms with Gasteiger partial charge in [-0.2, -0.15) is 0 Å². The molecule has 2 aliphatic rings. The number of carbonyl (C=O) groups excluding carboxylic acids is 2. The minimum absolute atomic E-state index is 0.0320. The van der Waals surface area contributed by atoms with Crippen LogP contribution >= 0.6 is 0 Å². The molecule has 6 nitrogen and oxygen atoms in total. The highest BCUT2D eigenvalue weighted by molar-refractivity contribution is 5.95. The Hall–Kier alpha value is -2.86. The first-order valence-corrected chi connectivity index (χ1v) is 15.6. The van der Waals surface area contributed by atoms with Gasteiger partial charge in [0.2, 0.25) is 5.91 Å². The highest BCUT2D eigenvalue weighted by atomic mass is 16.5. The molecule has 6 heteroatoms. The van der Waals surface area contributed by atoms with Crippen LogP contribution in [0.3, 0.4) is 0 Å². The topological polar surface area (TPSA) is 53.1 Å². The molecule has 1 fully saturated rings. The second-order valence-corrected chi connectivity index (χ2v) is 11.9. The van der Waals surface area contributed by atoms with Crippen molar-refractivity contribution in [1.29, 1.82) is 0 Å². The molecule has 2 aromatic carbocycles.